The molecule has 0 unspecified atom stereocenters. The van der Waals surface area contributed by atoms with Crippen molar-refractivity contribution in [3.05, 3.63) is 63.1 Å². The van der Waals surface area contributed by atoms with Crippen LogP contribution in [0.3, 0.4) is 0 Å². The number of benzene rings is 2. The molecule has 0 atom stereocenters. The summed E-state index contributed by atoms with van der Waals surface area (Å²) >= 11 is 9.33. The molecule has 120 valence electrons. The minimum absolute atomic E-state index is 0.174. The predicted octanol–water partition coefficient (Wildman–Crippen LogP) is 3.86. The van der Waals surface area contributed by atoms with Gasteiger partial charge in [-0.3, -0.25) is 4.79 Å². The van der Waals surface area contributed by atoms with E-state index >= 15 is 0 Å². The first-order chi connectivity index (χ1) is 11.0. The molecule has 0 aliphatic carbocycles. The fraction of sp³-hybridized carbons (Fsp3) is 0.176. The summed E-state index contributed by atoms with van der Waals surface area (Å²) in [6.07, 6.45) is 1.88. The first-order valence-corrected chi connectivity index (χ1v) is 8.16. The molecule has 0 spiro atoms. The third-order valence-corrected chi connectivity index (χ3v) is 4.02. The van der Waals surface area contributed by atoms with E-state index in [1.807, 2.05) is 49.3 Å². The lowest BCUT2D eigenvalue weighted by atomic mass is 10.1. The van der Waals surface area contributed by atoms with Crippen molar-refractivity contribution >= 4 is 45.3 Å². The molecule has 6 heteroatoms. The molecule has 0 heterocycles. The quantitative estimate of drug-likeness (QED) is 0.618. The van der Waals surface area contributed by atoms with Crippen LogP contribution in [0.25, 0.3) is 0 Å². The summed E-state index contributed by atoms with van der Waals surface area (Å²) < 4.78 is 0.971. The van der Waals surface area contributed by atoms with E-state index in [4.69, 9.17) is 11.6 Å². The highest BCUT2D eigenvalue weighted by molar-refractivity contribution is 9.10. The zero-order valence-electron chi connectivity index (χ0n) is 12.9. The second-order valence-electron chi connectivity index (χ2n) is 5.20. The van der Waals surface area contributed by atoms with Crippen molar-refractivity contribution in [3.8, 4) is 0 Å². The maximum Gasteiger partial charge on any atom is 0.244 e. The van der Waals surface area contributed by atoms with Crippen LogP contribution >= 0.6 is 27.5 Å². The molecule has 0 bridgehead atoms. The SMILES string of the molecule is CN(C)c1ccc(/C=N/NC(=O)Cc2ccc(Cl)cc2)cc1Br. The molecule has 0 saturated heterocycles. The van der Waals surface area contributed by atoms with Crippen molar-refractivity contribution < 1.29 is 4.79 Å². The van der Waals surface area contributed by atoms with E-state index in [9.17, 15) is 4.79 Å². The van der Waals surface area contributed by atoms with Crippen LogP contribution < -0.4 is 10.3 Å². The van der Waals surface area contributed by atoms with E-state index in [2.05, 4.69) is 26.5 Å². The van der Waals surface area contributed by atoms with Crippen LogP contribution in [0.2, 0.25) is 5.02 Å². The molecule has 2 rings (SSSR count). The summed E-state index contributed by atoms with van der Waals surface area (Å²) in [6, 6.07) is 13.0. The number of hydrogen-bond acceptors (Lipinski definition) is 3. The largest absolute Gasteiger partial charge is 0.377 e. The van der Waals surface area contributed by atoms with Crippen LogP contribution in [0.1, 0.15) is 11.1 Å². The average molecular weight is 395 g/mol. The fourth-order valence-corrected chi connectivity index (χ4v) is 2.85. The van der Waals surface area contributed by atoms with E-state index in [1.165, 1.54) is 0 Å². The van der Waals surface area contributed by atoms with Gasteiger partial charge < -0.3 is 4.90 Å². The first-order valence-electron chi connectivity index (χ1n) is 6.99. The molecule has 23 heavy (non-hydrogen) atoms. The smallest absolute Gasteiger partial charge is 0.244 e. The second-order valence-corrected chi connectivity index (χ2v) is 6.49. The number of nitrogens with zero attached hydrogens (tertiary/aromatic N) is 2. The summed E-state index contributed by atoms with van der Waals surface area (Å²) in [5.74, 6) is -0.174. The molecule has 2 aromatic rings. The maximum absolute atomic E-state index is 11.8. The number of carbonyl (C=O) groups excluding carboxylic acids is 1. The van der Waals surface area contributed by atoms with Crippen molar-refractivity contribution in [2.75, 3.05) is 19.0 Å². The van der Waals surface area contributed by atoms with Crippen LogP contribution in [-0.4, -0.2) is 26.2 Å². The lowest BCUT2D eigenvalue weighted by molar-refractivity contribution is -0.120. The van der Waals surface area contributed by atoms with Gasteiger partial charge in [0.15, 0.2) is 0 Å². The van der Waals surface area contributed by atoms with E-state index in [0.717, 1.165) is 21.3 Å². The van der Waals surface area contributed by atoms with Crippen molar-refractivity contribution in [2.24, 2.45) is 5.10 Å². The van der Waals surface area contributed by atoms with Crippen molar-refractivity contribution in [1.29, 1.82) is 0 Å². The van der Waals surface area contributed by atoms with Crippen molar-refractivity contribution in [3.63, 3.8) is 0 Å². The van der Waals surface area contributed by atoms with Gasteiger partial charge in [0, 0.05) is 23.6 Å². The molecule has 0 aliphatic rings. The van der Waals surface area contributed by atoms with Crippen LogP contribution in [-0.2, 0) is 11.2 Å². The van der Waals surface area contributed by atoms with Crippen LogP contribution in [0.15, 0.2) is 52.0 Å². The maximum atomic E-state index is 11.8. The topological polar surface area (TPSA) is 44.7 Å². The Kier molecular flexibility index (Phi) is 6.19. The summed E-state index contributed by atoms with van der Waals surface area (Å²) in [6.45, 7) is 0. The number of anilines is 1. The standard InChI is InChI=1S/C17H17BrClN3O/c1-22(2)16-8-5-13(9-15(16)18)11-20-21-17(23)10-12-3-6-14(19)7-4-12/h3-9,11H,10H2,1-2H3,(H,21,23)/b20-11+. The third kappa shape index (κ3) is 5.37. The number of rotatable bonds is 5. The first kappa shape index (κ1) is 17.5. The molecule has 0 saturated carbocycles. The lowest BCUT2D eigenvalue weighted by Crippen LogP contribution is -2.19. The molecular formula is C17H17BrClN3O. The zero-order valence-corrected chi connectivity index (χ0v) is 15.2. The number of hydrazone groups is 1. The van der Waals surface area contributed by atoms with Gasteiger partial charge in [0.2, 0.25) is 5.91 Å². The van der Waals surface area contributed by atoms with E-state index in [1.54, 1.807) is 18.3 Å². The van der Waals surface area contributed by atoms with Crippen LogP contribution in [0.5, 0.6) is 0 Å². The fourth-order valence-electron chi connectivity index (χ4n) is 1.97. The number of halogens is 2. The molecule has 0 radical (unpaired) electrons. The number of nitrogens with one attached hydrogen (secondary N) is 1. The lowest BCUT2D eigenvalue weighted by Gasteiger charge is -2.14. The molecule has 0 fully saturated rings. The molecule has 4 nitrogen and oxygen atoms in total. The Balaban J connectivity index is 1.92. The van der Waals surface area contributed by atoms with Crippen LogP contribution in [0.4, 0.5) is 5.69 Å². The minimum atomic E-state index is -0.174. The van der Waals surface area contributed by atoms with Crippen molar-refractivity contribution in [2.45, 2.75) is 6.42 Å². The Morgan fingerprint density at radius 3 is 2.57 bits per heavy atom. The van der Waals surface area contributed by atoms with Gasteiger partial charge in [-0.05, 0) is 51.3 Å². The minimum Gasteiger partial charge on any atom is -0.377 e. The van der Waals surface area contributed by atoms with Gasteiger partial charge in [0.25, 0.3) is 0 Å². The number of amides is 1. The van der Waals surface area contributed by atoms with Gasteiger partial charge in [-0.25, -0.2) is 5.43 Å². The van der Waals surface area contributed by atoms with Crippen molar-refractivity contribution in [1.82, 2.24) is 5.43 Å². The predicted molar refractivity (Wildman–Crippen MR) is 99.4 cm³/mol. The summed E-state index contributed by atoms with van der Waals surface area (Å²) in [7, 11) is 3.95. The molecule has 2 aromatic carbocycles. The Morgan fingerprint density at radius 2 is 1.96 bits per heavy atom. The molecule has 1 amide bonds. The van der Waals surface area contributed by atoms with E-state index in [-0.39, 0.29) is 12.3 Å². The summed E-state index contributed by atoms with van der Waals surface area (Å²) in [5.41, 5.74) is 5.39. The highest BCUT2D eigenvalue weighted by atomic mass is 79.9. The zero-order chi connectivity index (χ0) is 16.8. The Labute approximate surface area is 149 Å². The third-order valence-electron chi connectivity index (χ3n) is 3.13. The second kappa shape index (κ2) is 8.13. The number of carbonyl (C=O) groups is 1. The molecular weight excluding hydrogens is 378 g/mol. The Morgan fingerprint density at radius 1 is 1.26 bits per heavy atom. The molecule has 1 N–H and O–H groups in total. The highest BCUT2D eigenvalue weighted by Gasteiger charge is 2.03. The normalized spacial score (nSPS) is 10.8. The van der Waals surface area contributed by atoms with Gasteiger partial charge in [0.1, 0.15) is 0 Å². The summed E-state index contributed by atoms with van der Waals surface area (Å²) in [5, 5.41) is 4.64. The van der Waals surface area contributed by atoms with E-state index in [0.29, 0.717) is 5.02 Å². The monoisotopic (exact) mass is 393 g/mol. The Hall–Kier alpha value is -1.85. The van der Waals surface area contributed by atoms with Gasteiger partial charge in [-0.1, -0.05) is 29.8 Å². The van der Waals surface area contributed by atoms with Crippen LogP contribution in [0, 0.1) is 0 Å². The average Bonchev–Trinajstić information content (AvgIpc) is 2.49. The van der Waals surface area contributed by atoms with E-state index < -0.39 is 0 Å². The van der Waals surface area contributed by atoms with Gasteiger partial charge >= 0.3 is 0 Å². The molecule has 0 aliphatic heterocycles. The molecule has 0 aromatic heterocycles. The Bertz CT molecular complexity index is 714. The van der Waals surface area contributed by atoms with Gasteiger partial charge in [-0.15, -0.1) is 0 Å². The van der Waals surface area contributed by atoms with Gasteiger partial charge in [-0.2, -0.15) is 5.10 Å². The number of hydrogen-bond donors (Lipinski definition) is 1. The highest BCUT2D eigenvalue weighted by Crippen LogP contribution is 2.25. The summed E-state index contributed by atoms with van der Waals surface area (Å²) in [4.78, 5) is 13.8. The van der Waals surface area contributed by atoms with Gasteiger partial charge in [0.05, 0.1) is 18.3 Å².